The third kappa shape index (κ3) is 3.34. The van der Waals surface area contributed by atoms with Crippen LogP contribution in [0.2, 0.25) is 0 Å². The second kappa shape index (κ2) is 6.60. The second-order valence-corrected chi connectivity index (χ2v) is 6.52. The maximum atomic E-state index is 12.8. The van der Waals surface area contributed by atoms with Crippen molar-refractivity contribution >= 4 is 6.03 Å². The number of hydrogen-bond donors (Lipinski definition) is 1. The molecule has 0 aromatic carbocycles. The van der Waals surface area contributed by atoms with Crippen LogP contribution in [-0.2, 0) is 19.3 Å². The summed E-state index contributed by atoms with van der Waals surface area (Å²) in [6.45, 7) is 2.46. The van der Waals surface area contributed by atoms with Crippen molar-refractivity contribution in [2.45, 2.75) is 64.3 Å². The fraction of sp³-hybridized carbons (Fsp3) is 0.800. The topological polar surface area (TPSA) is 63.1 Å². The predicted molar refractivity (Wildman–Crippen MR) is 80.0 cm³/mol. The van der Waals surface area contributed by atoms with Crippen molar-refractivity contribution in [2.24, 2.45) is 5.92 Å². The van der Waals surface area contributed by atoms with Gasteiger partial charge in [0, 0.05) is 19.1 Å². The monoisotopic (exact) mass is 345 g/mol. The van der Waals surface area contributed by atoms with Gasteiger partial charge in [-0.3, -0.25) is 0 Å². The Kier molecular flexibility index (Phi) is 4.69. The van der Waals surface area contributed by atoms with Gasteiger partial charge in [0.25, 0.3) is 0 Å². The lowest BCUT2D eigenvalue weighted by Gasteiger charge is -2.35. The van der Waals surface area contributed by atoms with E-state index >= 15 is 0 Å². The van der Waals surface area contributed by atoms with Crippen LogP contribution in [0.25, 0.3) is 0 Å². The van der Waals surface area contributed by atoms with Gasteiger partial charge < -0.3 is 14.8 Å². The van der Waals surface area contributed by atoms with Gasteiger partial charge in [-0.2, -0.15) is 13.2 Å². The summed E-state index contributed by atoms with van der Waals surface area (Å²) in [5.41, 5.74) is 0. The number of amides is 2. The van der Waals surface area contributed by atoms with Crippen molar-refractivity contribution in [1.29, 1.82) is 0 Å². The summed E-state index contributed by atoms with van der Waals surface area (Å²) in [5, 5.41) is 9.90. The quantitative estimate of drug-likeness (QED) is 0.896. The zero-order valence-electron chi connectivity index (χ0n) is 13.6. The first-order valence-corrected chi connectivity index (χ1v) is 8.45. The number of aromatic nitrogens is 3. The minimum atomic E-state index is -4.52. The number of urea groups is 1. The standard InChI is InChI=1S/C15H22F3N5O/c1-2-10-5-3-4-6-11(10)19-14(24)22-7-8-23-12(9-22)20-21-13(23)15(16,17)18/h10-11H,2-9H2,1H3,(H,19,24)/t10-,11+/m0/s1. The van der Waals surface area contributed by atoms with E-state index in [1.54, 1.807) is 0 Å². The Labute approximate surface area is 138 Å². The van der Waals surface area contributed by atoms with Crippen molar-refractivity contribution in [3.63, 3.8) is 0 Å². The van der Waals surface area contributed by atoms with Gasteiger partial charge >= 0.3 is 12.2 Å². The highest BCUT2D eigenvalue weighted by Crippen LogP contribution is 2.30. The number of fused-ring (bicyclic) bond motifs is 1. The van der Waals surface area contributed by atoms with Gasteiger partial charge in [-0.05, 0) is 18.8 Å². The number of halogens is 3. The van der Waals surface area contributed by atoms with E-state index in [1.165, 1.54) is 11.3 Å². The molecule has 1 aliphatic heterocycles. The molecule has 2 aliphatic rings. The molecule has 2 amide bonds. The Bertz CT molecular complexity index is 600. The predicted octanol–water partition coefficient (Wildman–Crippen LogP) is 2.79. The Balaban J connectivity index is 1.65. The number of alkyl halides is 3. The van der Waals surface area contributed by atoms with E-state index in [2.05, 4.69) is 22.4 Å². The summed E-state index contributed by atoms with van der Waals surface area (Å²) >= 11 is 0. The molecule has 1 aromatic rings. The van der Waals surface area contributed by atoms with E-state index in [1.807, 2.05) is 0 Å². The minimum Gasteiger partial charge on any atom is -0.335 e. The molecular weight excluding hydrogens is 323 g/mol. The van der Waals surface area contributed by atoms with Gasteiger partial charge in [0.05, 0.1) is 6.54 Å². The van der Waals surface area contributed by atoms with Crippen LogP contribution in [-0.4, -0.2) is 38.3 Å². The third-order valence-corrected chi connectivity index (χ3v) is 5.04. The molecule has 0 radical (unpaired) electrons. The van der Waals surface area contributed by atoms with Crippen LogP contribution in [0.4, 0.5) is 18.0 Å². The average molecular weight is 345 g/mol. The molecule has 0 unspecified atom stereocenters. The van der Waals surface area contributed by atoms with Gasteiger partial charge in [0.15, 0.2) is 5.82 Å². The maximum Gasteiger partial charge on any atom is 0.451 e. The number of nitrogens with zero attached hydrogens (tertiary/aromatic N) is 4. The summed E-state index contributed by atoms with van der Waals surface area (Å²) in [7, 11) is 0. The molecule has 6 nitrogen and oxygen atoms in total. The third-order valence-electron chi connectivity index (χ3n) is 5.04. The van der Waals surface area contributed by atoms with E-state index in [9.17, 15) is 18.0 Å². The lowest BCUT2D eigenvalue weighted by Crippen LogP contribution is -2.50. The van der Waals surface area contributed by atoms with Crippen LogP contribution in [0.5, 0.6) is 0 Å². The molecule has 1 saturated carbocycles. The minimum absolute atomic E-state index is 0.0540. The number of carbonyl (C=O) groups is 1. The van der Waals surface area contributed by atoms with E-state index in [-0.39, 0.29) is 37.5 Å². The molecule has 0 bridgehead atoms. The summed E-state index contributed by atoms with van der Waals surface area (Å²) in [6.07, 6.45) is 0.875. The van der Waals surface area contributed by atoms with Crippen LogP contribution in [0.1, 0.15) is 50.7 Å². The van der Waals surface area contributed by atoms with Crippen LogP contribution < -0.4 is 5.32 Å². The first-order valence-electron chi connectivity index (χ1n) is 8.45. The van der Waals surface area contributed by atoms with E-state index in [0.29, 0.717) is 5.92 Å². The average Bonchev–Trinajstić information content (AvgIpc) is 2.98. The number of carbonyl (C=O) groups excluding carboxylic acids is 1. The Hall–Kier alpha value is -1.80. The maximum absolute atomic E-state index is 12.8. The van der Waals surface area contributed by atoms with Gasteiger partial charge in [-0.1, -0.05) is 26.2 Å². The molecule has 2 heterocycles. The molecule has 2 atom stereocenters. The molecule has 0 saturated heterocycles. The molecule has 1 aromatic heterocycles. The molecule has 9 heteroatoms. The summed E-state index contributed by atoms with van der Waals surface area (Å²) in [6, 6.07) is -0.0649. The summed E-state index contributed by atoms with van der Waals surface area (Å²) in [4.78, 5) is 14.0. The van der Waals surface area contributed by atoms with Crippen molar-refractivity contribution in [2.75, 3.05) is 6.54 Å². The van der Waals surface area contributed by atoms with Crippen LogP contribution in [0.15, 0.2) is 0 Å². The fourth-order valence-electron chi connectivity index (χ4n) is 3.68. The van der Waals surface area contributed by atoms with Crippen molar-refractivity contribution < 1.29 is 18.0 Å². The smallest absolute Gasteiger partial charge is 0.335 e. The molecule has 3 rings (SSSR count). The van der Waals surface area contributed by atoms with Crippen LogP contribution in [0.3, 0.4) is 0 Å². The molecule has 1 fully saturated rings. The Morgan fingerprint density at radius 2 is 2.00 bits per heavy atom. The normalized spacial score (nSPS) is 24.6. The summed E-state index contributed by atoms with van der Waals surface area (Å²) in [5.74, 6) is -0.330. The lowest BCUT2D eigenvalue weighted by molar-refractivity contribution is -0.147. The van der Waals surface area contributed by atoms with Gasteiger partial charge in [0.1, 0.15) is 0 Å². The molecule has 24 heavy (non-hydrogen) atoms. The first-order chi connectivity index (χ1) is 11.4. The zero-order valence-corrected chi connectivity index (χ0v) is 13.6. The van der Waals surface area contributed by atoms with Gasteiger partial charge in [0.2, 0.25) is 5.82 Å². The zero-order chi connectivity index (χ0) is 17.3. The highest BCUT2D eigenvalue weighted by Gasteiger charge is 2.40. The fourth-order valence-corrected chi connectivity index (χ4v) is 3.68. The highest BCUT2D eigenvalue weighted by molar-refractivity contribution is 5.74. The largest absolute Gasteiger partial charge is 0.451 e. The SMILES string of the molecule is CC[C@H]1CCCC[C@H]1NC(=O)N1CCn2c(nnc2C(F)(F)F)C1. The van der Waals surface area contributed by atoms with Gasteiger partial charge in [-0.25, -0.2) is 4.79 Å². The Morgan fingerprint density at radius 3 is 2.71 bits per heavy atom. The van der Waals surface area contributed by atoms with E-state index < -0.39 is 12.0 Å². The van der Waals surface area contributed by atoms with Crippen LogP contribution in [0, 0.1) is 5.92 Å². The molecule has 1 aliphatic carbocycles. The van der Waals surface area contributed by atoms with E-state index in [4.69, 9.17) is 0 Å². The van der Waals surface area contributed by atoms with Crippen molar-refractivity contribution in [3.8, 4) is 0 Å². The summed E-state index contributed by atoms with van der Waals surface area (Å²) < 4.78 is 39.6. The van der Waals surface area contributed by atoms with Crippen molar-refractivity contribution in [3.05, 3.63) is 11.6 Å². The van der Waals surface area contributed by atoms with Crippen LogP contribution >= 0.6 is 0 Å². The number of nitrogens with one attached hydrogen (secondary N) is 1. The molecule has 1 N–H and O–H groups in total. The number of rotatable bonds is 2. The first kappa shape index (κ1) is 17.0. The molecule has 134 valence electrons. The van der Waals surface area contributed by atoms with E-state index in [0.717, 1.165) is 30.3 Å². The Morgan fingerprint density at radius 1 is 1.25 bits per heavy atom. The lowest BCUT2D eigenvalue weighted by atomic mass is 9.83. The molecule has 0 spiro atoms. The van der Waals surface area contributed by atoms with Crippen molar-refractivity contribution in [1.82, 2.24) is 25.0 Å². The highest BCUT2D eigenvalue weighted by atomic mass is 19.4. The second-order valence-electron chi connectivity index (χ2n) is 6.52. The van der Waals surface area contributed by atoms with Gasteiger partial charge in [-0.15, -0.1) is 10.2 Å². The number of hydrogen-bond acceptors (Lipinski definition) is 3. The molecular formula is C15H22F3N5O.